The number of amides is 1. The number of carboxylic acid groups (broad SMARTS) is 1. The van der Waals surface area contributed by atoms with Gasteiger partial charge >= 0.3 is 5.97 Å². The van der Waals surface area contributed by atoms with Gasteiger partial charge in [0.05, 0.1) is 5.56 Å². The lowest BCUT2D eigenvalue weighted by atomic mass is 9.94. The van der Waals surface area contributed by atoms with E-state index in [-0.39, 0.29) is 17.0 Å². The molecule has 0 aliphatic heterocycles. The van der Waals surface area contributed by atoms with E-state index in [1.165, 1.54) is 6.07 Å². The summed E-state index contributed by atoms with van der Waals surface area (Å²) in [6, 6.07) is 4.67. The number of benzene rings is 1. The van der Waals surface area contributed by atoms with E-state index in [0.29, 0.717) is 5.56 Å². The van der Waals surface area contributed by atoms with Gasteiger partial charge in [0.2, 0.25) is 0 Å². The number of hydrogen-bond donors (Lipinski definition) is 2. The maximum Gasteiger partial charge on any atom is 0.335 e. The maximum atomic E-state index is 12.2. The number of aryl methyl sites for hydroxylation is 1. The molecule has 1 aromatic rings. The van der Waals surface area contributed by atoms with Crippen molar-refractivity contribution >= 4 is 11.9 Å². The van der Waals surface area contributed by atoms with Gasteiger partial charge < -0.3 is 10.4 Å². The highest BCUT2D eigenvalue weighted by Gasteiger charge is 2.23. The lowest BCUT2D eigenvalue weighted by molar-refractivity contribution is 0.0696. The first-order chi connectivity index (χ1) is 8.81. The molecule has 0 aromatic heterocycles. The van der Waals surface area contributed by atoms with E-state index in [2.05, 4.69) is 5.32 Å². The van der Waals surface area contributed by atoms with Gasteiger partial charge in [-0.05, 0) is 50.5 Å². The van der Waals surface area contributed by atoms with Crippen LogP contribution in [0.2, 0.25) is 0 Å². The third-order valence-corrected chi connectivity index (χ3v) is 3.56. The van der Waals surface area contributed by atoms with Crippen LogP contribution in [0.15, 0.2) is 18.2 Å². The van der Waals surface area contributed by atoms with Crippen molar-refractivity contribution in [3.05, 3.63) is 34.9 Å². The van der Waals surface area contributed by atoms with Gasteiger partial charge in [0.15, 0.2) is 0 Å². The topological polar surface area (TPSA) is 66.4 Å². The van der Waals surface area contributed by atoms with Crippen LogP contribution in [0.5, 0.6) is 0 Å². The highest BCUT2D eigenvalue weighted by Crippen LogP contribution is 2.16. The number of aromatic carboxylic acids is 1. The number of carboxylic acids is 1. The van der Waals surface area contributed by atoms with Gasteiger partial charge in [-0.2, -0.15) is 0 Å². The molecule has 0 heterocycles. The fourth-order valence-electron chi connectivity index (χ4n) is 1.81. The van der Waals surface area contributed by atoms with Gasteiger partial charge in [-0.15, -0.1) is 0 Å². The van der Waals surface area contributed by atoms with Crippen molar-refractivity contribution in [3.8, 4) is 0 Å². The molecular weight excluding hydrogens is 242 g/mol. The summed E-state index contributed by atoms with van der Waals surface area (Å²) in [5.41, 5.74) is 1.04. The standard InChI is InChI=1S/C15H21NO3/c1-5-15(4,6-2)16-13(17)11-7-10(3)8-12(9-11)14(18)19/h7-9H,5-6H2,1-4H3,(H,16,17)(H,18,19). The zero-order valence-corrected chi connectivity index (χ0v) is 11.9. The monoisotopic (exact) mass is 263 g/mol. The molecule has 0 atom stereocenters. The van der Waals surface area contributed by atoms with E-state index < -0.39 is 5.97 Å². The van der Waals surface area contributed by atoms with Crippen LogP contribution < -0.4 is 5.32 Å². The van der Waals surface area contributed by atoms with E-state index in [9.17, 15) is 9.59 Å². The van der Waals surface area contributed by atoms with Crippen LogP contribution in [0.4, 0.5) is 0 Å². The van der Waals surface area contributed by atoms with E-state index >= 15 is 0 Å². The maximum absolute atomic E-state index is 12.2. The zero-order valence-electron chi connectivity index (χ0n) is 11.9. The second-order valence-electron chi connectivity index (χ2n) is 5.11. The van der Waals surface area contributed by atoms with Crippen molar-refractivity contribution in [2.24, 2.45) is 0 Å². The molecular formula is C15H21NO3. The summed E-state index contributed by atoms with van der Waals surface area (Å²) in [5.74, 6) is -1.25. The van der Waals surface area contributed by atoms with Crippen molar-refractivity contribution in [1.29, 1.82) is 0 Å². The fourth-order valence-corrected chi connectivity index (χ4v) is 1.81. The lowest BCUT2D eigenvalue weighted by Crippen LogP contribution is -2.45. The van der Waals surface area contributed by atoms with Crippen LogP contribution in [-0.2, 0) is 0 Å². The van der Waals surface area contributed by atoms with Gasteiger partial charge in [0.25, 0.3) is 5.91 Å². The molecule has 2 N–H and O–H groups in total. The Morgan fingerprint density at radius 3 is 2.16 bits per heavy atom. The highest BCUT2D eigenvalue weighted by atomic mass is 16.4. The van der Waals surface area contributed by atoms with Crippen LogP contribution in [0, 0.1) is 6.92 Å². The molecule has 0 unspecified atom stereocenters. The van der Waals surface area contributed by atoms with Crippen LogP contribution >= 0.6 is 0 Å². The lowest BCUT2D eigenvalue weighted by Gasteiger charge is -2.28. The Hall–Kier alpha value is -1.84. The molecule has 0 aliphatic rings. The van der Waals surface area contributed by atoms with Crippen molar-refractivity contribution in [2.75, 3.05) is 0 Å². The second kappa shape index (κ2) is 5.87. The number of carbonyl (C=O) groups is 2. The molecule has 0 radical (unpaired) electrons. The summed E-state index contributed by atoms with van der Waals surface area (Å²) in [4.78, 5) is 23.2. The largest absolute Gasteiger partial charge is 0.478 e. The minimum atomic E-state index is -1.02. The van der Waals surface area contributed by atoms with Crippen molar-refractivity contribution < 1.29 is 14.7 Å². The van der Waals surface area contributed by atoms with E-state index in [4.69, 9.17) is 5.11 Å². The predicted molar refractivity (Wildman–Crippen MR) is 74.6 cm³/mol. The van der Waals surface area contributed by atoms with Gasteiger partial charge in [0, 0.05) is 11.1 Å². The van der Waals surface area contributed by atoms with Crippen LogP contribution in [-0.4, -0.2) is 22.5 Å². The molecule has 1 aromatic carbocycles. The number of carbonyl (C=O) groups excluding carboxylic acids is 1. The molecule has 0 saturated heterocycles. The summed E-state index contributed by atoms with van der Waals surface area (Å²) in [7, 11) is 0. The van der Waals surface area contributed by atoms with Gasteiger partial charge in [-0.3, -0.25) is 4.79 Å². The van der Waals surface area contributed by atoms with E-state index in [0.717, 1.165) is 18.4 Å². The summed E-state index contributed by atoms with van der Waals surface area (Å²) < 4.78 is 0. The number of hydrogen-bond acceptors (Lipinski definition) is 2. The molecule has 0 aliphatic carbocycles. The molecule has 1 rings (SSSR count). The molecule has 0 spiro atoms. The quantitative estimate of drug-likeness (QED) is 0.858. The average molecular weight is 263 g/mol. The Balaban J connectivity index is 3.03. The van der Waals surface area contributed by atoms with Crippen molar-refractivity contribution in [3.63, 3.8) is 0 Å². The Bertz CT molecular complexity index is 490. The Labute approximate surface area is 113 Å². The average Bonchev–Trinajstić information content (AvgIpc) is 2.37. The van der Waals surface area contributed by atoms with E-state index in [1.54, 1.807) is 19.1 Å². The Morgan fingerprint density at radius 1 is 1.16 bits per heavy atom. The molecule has 19 heavy (non-hydrogen) atoms. The summed E-state index contributed by atoms with van der Waals surface area (Å²) in [6.07, 6.45) is 1.65. The minimum Gasteiger partial charge on any atom is -0.478 e. The first kappa shape index (κ1) is 15.2. The highest BCUT2D eigenvalue weighted by molar-refractivity contribution is 5.98. The third kappa shape index (κ3) is 3.81. The summed E-state index contributed by atoms with van der Waals surface area (Å²) in [6.45, 7) is 7.80. The SMILES string of the molecule is CCC(C)(CC)NC(=O)c1cc(C)cc(C(=O)O)c1. The molecule has 104 valence electrons. The molecule has 1 amide bonds. The van der Waals surface area contributed by atoms with Crippen molar-refractivity contribution in [1.82, 2.24) is 5.32 Å². The van der Waals surface area contributed by atoms with Crippen LogP contribution in [0.25, 0.3) is 0 Å². The Morgan fingerprint density at radius 2 is 1.68 bits per heavy atom. The first-order valence-corrected chi connectivity index (χ1v) is 6.49. The normalized spacial score (nSPS) is 11.2. The molecule has 0 saturated carbocycles. The smallest absolute Gasteiger partial charge is 0.335 e. The van der Waals surface area contributed by atoms with E-state index in [1.807, 2.05) is 20.8 Å². The third-order valence-electron chi connectivity index (χ3n) is 3.56. The Kier molecular flexibility index (Phi) is 4.70. The fraction of sp³-hybridized carbons (Fsp3) is 0.467. The second-order valence-corrected chi connectivity index (χ2v) is 5.11. The molecule has 0 bridgehead atoms. The van der Waals surface area contributed by atoms with Gasteiger partial charge in [0.1, 0.15) is 0 Å². The number of rotatable bonds is 5. The molecule has 4 heteroatoms. The molecule has 0 fully saturated rings. The van der Waals surface area contributed by atoms with Gasteiger partial charge in [-0.25, -0.2) is 4.79 Å². The number of nitrogens with one attached hydrogen (secondary N) is 1. The van der Waals surface area contributed by atoms with Crippen LogP contribution in [0.1, 0.15) is 59.9 Å². The minimum absolute atomic E-state index is 0.139. The summed E-state index contributed by atoms with van der Waals surface area (Å²) >= 11 is 0. The zero-order chi connectivity index (χ0) is 14.6. The van der Waals surface area contributed by atoms with Crippen molar-refractivity contribution in [2.45, 2.75) is 46.1 Å². The molecule has 4 nitrogen and oxygen atoms in total. The summed E-state index contributed by atoms with van der Waals surface area (Å²) in [5, 5.41) is 12.0. The van der Waals surface area contributed by atoms with Gasteiger partial charge in [-0.1, -0.05) is 13.8 Å². The predicted octanol–water partition coefficient (Wildman–Crippen LogP) is 3.00. The van der Waals surface area contributed by atoms with Crippen LogP contribution in [0.3, 0.4) is 0 Å². The first-order valence-electron chi connectivity index (χ1n) is 6.49.